The van der Waals surface area contributed by atoms with E-state index in [0.717, 1.165) is 48.7 Å². The van der Waals surface area contributed by atoms with Crippen LogP contribution in [0, 0.1) is 22.0 Å². The van der Waals surface area contributed by atoms with Crippen LogP contribution in [-0.2, 0) is 0 Å². The van der Waals surface area contributed by atoms with Gasteiger partial charge in [-0.15, -0.1) is 0 Å². The minimum absolute atomic E-state index is 0.116. The highest BCUT2D eigenvalue weighted by Crippen LogP contribution is 2.30. The average molecular weight is 406 g/mol. The van der Waals surface area contributed by atoms with Crippen molar-refractivity contribution in [1.82, 2.24) is 9.97 Å². The monoisotopic (exact) mass is 406 g/mol. The Labute approximate surface area is 175 Å². The minimum atomic E-state index is -0.451. The molecule has 1 aliphatic rings. The predicted molar refractivity (Wildman–Crippen MR) is 119 cm³/mol. The van der Waals surface area contributed by atoms with Gasteiger partial charge in [-0.25, -0.2) is 4.98 Å². The molecule has 2 aromatic carbocycles. The Hall–Kier alpha value is -3.26. The van der Waals surface area contributed by atoms with Crippen LogP contribution < -0.4 is 16.4 Å². The molecular formula is C22H26N6O2. The van der Waals surface area contributed by atoms with Crippen molar-refractivity contribution in [1.29, 1.82) is 0 Å². The molecule has 156 valence electrons. The van der Waals surface area contributed by atoms with E-state index >= 15 is 0 Å². The molecule has 3 aromatic rings. The topological polar surface area (TPSA) is 119 Å². The van der Waals surface area contributed by atoms with Crippen molar-refractivity contribution in [3.8, 4) is 0 Å². The second-order valence-corrected chi connectivity index (χ2v) is 7.87. The lowest BCUT2D eigenvalue weighted by Crippen LogP contribution is -2.25. The molecular weight excluding hydrogens is 380 g/mol. The fourth-order valence-electron chi connectivity index (χ4n) is 4.01. The van der Waals surface area contributed by atoms with E-state index in [2.05, 4.69) is 20.6 Å². The van der Waals surface area contributed by atoms with Crippen LogP contribution in [0.1, 0.15) is 25.7 Å². The predicted octanol–water partition coefficient (Wildman–Crippen LogP) is 4.46. The van der Waals surface area contributed by atoms with Gasteiger partial charge in [-0.3, -0.25) is 10.1 Å². The number of hydrogen-bond donors (Lipinski definition) is 3. The van der Waals surface area contributed by atoms with Crippen molar-refractivity contribution >= 4 is 33.9 Å². The van der Waals surface area contributed by atoms with E-state index in [9.17, 15) is 10.1 Å². The molecule has 1 fully saturated rings. The zero-order chi connectivity index (χ0) is 20.9. The Morgan fingerprint density at radius 2 is 1.80 bits per heavy atom. The fraction of sp³-hybridized carbons (Fsp3) is 0.364. The SMILES string of the molecule is NCC1CCC(CNc2nc(Nc3ccc4ccccc4c3)ncc2[N+](=O)[O-])CC1. The summed E-state index contributed by atoms with van der Waals surface area (Å²) in [6.07, 6.45) is 5.64. The molecule has 0 amide bonds. The zero-order valence-electron chi connectivity index (χ0n) is 16.8. The molecule has 0 spiro atoms. The van der Waals surface area contributed by atoms with E-state index in [4.69, 9.17) is 5.73 Å². The van der Waals surface area contributed by atoms with Crippen LogP contribution in [0.5, 0.6) is 0 Å². The molecule has 4 rings (SSSR count). The number of hydrogen-bond acceptors (Lipinski definition) is 7. The van der Waals surface area contributed by atoms with Crippen LogP contribution in [-0.4, -0.2) is 28.0 Å². The van der Waals surface area contributed by atoms with Gasteiger partial charge >= 0.3 is 5.69 Å². The van der Waals surface area contributed by atoms with E-state index in [0.29, 0.717) is 24.3 Å². The van der Waals surface area contributed by atoms with Gasteiger partial charge in [-0.1, -0.05) is 30.3 Å². The summed E-state index contributed by atoms with van der Waals surface area (Å²) in [5.41, 5.74) is 6.47. The van der Waals surface area contributed by atoms with Gasteiger partial charge in [-0.05, 0) is 67.0 Å². The largest absolute Gasteiger partial charge is 0.364 e. The smallest absolute Gasteiger partial charge is 0.329 e. The van der Waals surface area contributed by atoms with Crippen LogP contribution in [0.4, 0.5) is 23.1 Å². The van der Waals surface area contributed by atoms with E-state index in [-0.39, 0.29) is 11.5 Å². The average Bonchev–Trinajstić information content (AvgIpc) is 2.78. The van der Waals surface area contributed by atoms with Crippen molar-refractivity contribution in [2.75, 3.05) is 23.7 Å². The number of nitro groups is 1. The Balaban J connectivity index is 1.48. The van der Waals surface area contributed by atoms with Crippen LogP contribution in [0.15, 0.2) is 48.7 Å². The van der Waals surface area contributed by atoms with E-state index in [1.54, 1.807) is 0 Å². The van der Waals surface area contributed by atoms with E-state index < -0.39 is 4.92 Å². The molecule has 0 aliphatic heterocycles. The third-order valence-corrected chi connectivity index (χ3v) is 5.83. The standard InChI is InChI=1S/C22H26N6O2/c23-12-15-5-7-16(8-6-15)13-24-21-20(28(29)30)14-25-22(27-21)26-19-10-9-17-3-1-2-4-18(17)11-19/h1-4,9-11,14-16H,5-8,12-13,23H2,(H2,24,25,26,27). The van der Waals surface area contributed by atoms with Crippen molar-refractivity contribution in [3.63, 3.8) is 0 Å². The third kappa shape index (κ3) is 4.65. The van der Waals surface area contributed by atoms with Crippen molar-refractivity contribution in [2.24, 2.45) is 17.6 Å². The first-order valence-corrected chi connectivity index (χ1v) is 10.3. The lowest BCUT2D eigenvalue weighted by molar-refractivity contribution is -0.384. The number of benzene rings is 2. The molecule has 0 saturated heterocycles. The maximum absolute atomic E-state index is 11.4. The fourth-order valence-corrected chi connectivity index (χ4v) is 4.01. The Bertz CT molecular complexity index is 1030. The van der Waals surface area contributed by atoms with Crippen LogP contribution in [0.25, 0.3) is 10.8 Å². The molecule has 1 saturated carbocycles. The highest BCUT2D eigenvalue weighted by molar-refractivity contribution is 5.86. The number of anilines is 3. The van der Waals surface area contributed by atoms with Crippen LogP contribution >= 0.6 is 0 Å². The van der Waals surface area contributed by atoms with Gasteiger partial charge in [0.15, 0.2) is 0 Å². The molecule has 30 heavy (non-hydrogen) atoms. The molecule has 1 aliphatic carbocycles. The maximum Gasteiger partial charge on any atom is 0.329 e. The molecule has 1 aromatic heterocycles. The number of fused-ring (bicyclic) bond motifs is 1. The number of nitrogens with zero attached hydrogens (tertiary/aromatic N) is 3. The highest BCUT2D eigenvalue weighted by Gasteiger charge is 2.22. The van der Waals surface area contributed by atoms with E-state index in [1.165, 1.54) is 6.20 Å². The number of nitrogens with one attached hydrogen (secondary N) is 2. The van der Waals surface area contributed by atoms with Crippen molar-refractivity contribution in [3.05, 3.63) is 58.8 Å². The highest BCUT2D eigenvalue weighted by atomic mass is 16.6. The molecule has 8 nitrogen and oxygen atoms in total. The maximum atomic E-state index is 11.4. The lowest BCUT2D eigenvalue weighted by atomic mass is 9.82. The minimum Gasteiger partial charge on any atom is -0.364 e. The summed E-state index contributed by atoms with van der Waals surface area (Å²) >= 11 is 0. The first kappa shape index (κ1) is 20.0. The second kappa shape index (κ2) is 9.04. The first-order valence-electron chi connectivity index (χ1n) is 10.3. The summed E-state index contributed by atoms with van der Waals surface area (Å²) in [7, 11) is 0. The van der Waals surface area contributed by atoms with Gasteiger partial charge in [-0.2, -0.15) is 4.98 Å². The van der Waals surface area contributed by atoms with Gasteiger partial charge in [0, 0.05) is 12.2 Å². The summed E-state index contributed by atoms with van der Waals surface area (Å²) in [6.45, 7) is 1.39. The molecule has 0 radical (unpaired) electrons. The summed E-state index contributed by atoms with van der Waals surface area (Å²) in [5.74, 6) is 1.65. The normalized spacial score (nSPS) is 18.8. The summed E-state index contributed by atoms with van der Waals surface area (Å²) in [5, 5.41) is 20.0. The van der Waals surface area contributed by atoms with Gasteiger partial charge < -0.3 is 16.4 Å². The Morgan fingerprint density at radius 1 is 1.07 bits per heavy atom. The van der Waals surface area contributed by atoms with Gasteiger partial charge in [0.1, 0.15) is 6.20 Å². The summed E-state index contributed by atoms with van der Waals surface area (Å²) < 4.78 is 0. The Morgan fingerprint density at radius 3 is 2.53 bits per heavy atom. The van der Waals surface area contributed by atoms with Crippen molar-refractivity contribution < 1.29 is 4.92 Å². The molecule has 0 atom stereocenters. The molecule has 0 bridgehead atoms. The van der Waals surface area contributed by atoms with Gasteiger partial charge in [0.25, 0.3) is 0 Å². The quantitative estimate of drug-likeness (QED) is 0.391. The number of aromatic nitrogens is 2. The summed E-state index contributed by atoms with van der Waals surface area (Å²) in [6, 6.07) is 14.0. The van der Waals surface area contributed by atoms with Crippen LogP contribution in [0.2, 0.25) is 0 Å². The van der Waals surface area contributed by atoms with Crippen molar-refractivity contribution in [2.45, 2.75) is 25.7 Å². The Kier molecular flexibility index (Phi) is 6.04. The second-order valence-electron chi connectivity index (χ2n) is 7.87. The van der Waals surface area contributed by atoms with Gasteiger partial charge in [0.05, 0.1) is 4.92 Å². The first-order chi connectivity index (χ1) is 14.6. The lowest BCUT2D eigenvalue weighted by Gasteiger charge is -2.27. The zero-order valence-corrected chi connectivity index (χ0v) is 16.8. The molecule has 8 heteroatoms. The van der Waals surface area contributed by atoms with Gasteiger partial charge in [0.2, 0.25) is 11.8 Å². The molecule has 0 unspecified atom stereocenters. The molecule has 1 heterocycles. The third-order valence-electron chi connectivity index (χ3n) is 5.83. The number of nitrogens with two attached hydrogens (primary N) is 1. The number of rotatable bonds is 7. The summed E-state index contributed by atoms with van der Waals surface area (Å²) in [4.78, 5) is 19.5. The van der Waals surface area contributed by atoms with Crippen LogP contribution in [0.3, 0.4) is 0 Å². The molecule has 4 N–H and O–H groups in total. The van der Waals surface area contributed by atoms with E-state index in [1.807, 2.05) is 42.5 Å².